The fourth-order valence-electron chi connectivity index (χ4n) is 2.48. The summed E-state index contributed by atoms with van der Waals surface area (Å²) in [5, 5.41) is 0. The van der Waals surface area contributed by atoms with E-state index in [0.717, 1.165) is 12.2 Å². The Kier molecular flexibility index (Phi) is 2.06. The molecule has 0 N–H and O–H groups in total. The van der Waals surface area contributed by atoms with Gasteiger partial charge in [0.1, 0.15) is 11.4 Å². The van der Waals surface area contributed by atoms with Gasteiger partial charge in [-0.25, -0.2) is 0 Å². The molecule has 1 aliphatic heterocycles. The fourth-order valence-corrected chi connectivity index (χ4v) is 2.48. The van der Waals surface area contributed by atoms with Crippen molar-refractivity contribution in [2.45, 2.75) is 39.7 Å². The van der Waals surface area contributed by atoms with Gasteiger partial charge in [-0.1, -0.05) is 24.6 Å². The molecule has 1 heterocycles. The molecule has 14 heavy (non-hydrogen) atoms. The molecule has 1 unspecified atom stereocenters. The highest BCUT2D eigenvalue weighted by molar-refractivity contribution is 5.43. The molecule has 1 nitrogen and oxygen atoms in total. The molecule has 2 aliphatic rings. The standard InChI is InChI=1S/C13H18O/c1-9-6-5-7-11-12(9)10(2)8-13(3,4)14-11/h5-7,9H,8H2,1-4H3. The van der Waals surface area contributed by atoms with Crippen LogP contribution < -0.4 is 0 Å². The molecule has 0 radical (unpaired) electrons. The van der Waals surface area contributed by atoms with Crippen molar-refractivity contribution in [3.05, 3.63) is 35.1 Å². The molecule has 0 fully saturated rings. The topological polar surface area (TPSA) is 9.23 Å². The van der Waals surface area contributed by atoms with Gasteiger partial charge in [-0.05, 0) is 32.4 Å². The third-order valence-electron chi connectivity index (χ3n) is 2.91. The van der Waals surface area contributed by atoms with Crippen LogP contribution in [0.15, 0.2) is 35.1 Å². The lowest BCUT2D eigenvalue weighted by Gasteiger charge is -2.37. The Morgan fingerprint density at radius 2 is 2.14 bits per heavy atom. The molecular weight excluding hydrogens is 172 g/mol. The van der Waals surface area contributed by atoms with Gasteiger partial charge in [0.15, 0.2) is 0 Å². The van der Waals surface area contributed by atoms with E-state index in [1.165, 1.54) is 11.1 Å². The molecule has 1 heteroatoms. The number of ether oxygens (including phenoxy) is 1. The lowest BCUT2D eigenvalue weighted by Crippen LogP contribution is -2.31. The van der Waals surface area contributed by atoms with E-state index in [0.29, 0.717) is 5.92 Å². The van der Waals surface area contributed by atoms with Crippen molar-refractivity contribution in [2.75, 3.05) is 0 Å². The first-order valence-corrected chi connectivity index (χ1v) is 5.27. The average Bonchev–Trinajstić information content (AvgIpc) is 2.00. The predicted molar refractivity (Wildman–Crippen MR) is 58.9 cm³/mol. The zero-order valence-electron chi connectivity index (χ0n) is 9.42. The van der Waals surface area contributed by atoms with Gasteiger partial charge in [-0.3, -0.25) is 0 Å². The molecule has 0 aromatic carbocycles. The van der Waals surface area contributed by atoms with Crippen molar-refractivity contribution in [3.8, 4) is 0 Å². The summed E-state index contributed by atoms with van der Waals surface area (Å²) in [6.07, 6.45) is 7.44. The molecule has 2 rings (SSSR count). The van der Waals surface area contributed by atoms with E-state index in [9.17, 15) is 0 Å². The van der Waals surface area contributed by atoms with Gasteiger partial charge in [0.2, 0.25) is 0 Å². The van der Waals surface area contributed by atoms with E-state index >= 15 is 0 Å². The molecule has 0 spiro atoms. The van der Waals surface area contributed by atoms with Gasteiger partial charge < -0.3 is 4.74 Å². The van der Waals surface area contributed by atoms with Crippen molar-refractivity contribution in [2.24, 2.45) is 5.92 Å². The zero-order chi connectivity index (χ0) is 10.3. The second-order valence-corrected chi connectivity index (χ2v) is 4.94. The SMILES string of the molecule is CC1=C2C(=CC=CC2C)OC(C)(C)C1. The van der Waals surface area contributed by atoms with Crippen LogP contribution in [0.4, 0.5) is 0 Å². The Bertz CT molecular complexity index is 342. The Hall–Kier alpha value is -0.980. The molecule has 0 amide bonds. The van der Waals surface area contributed by atoms with Crippen LogP contribution in [0.3, 0.4) is 0 Å². The van der Waals surface area contributed by atoms with E-state index < -0.39 is 0 Å². The van der Waals surface area contributed by atoms with Crippen molar-refractivity contribution < 1.29 is 4.74 Å². The Balaban J connectivity index is 2.45. The number of hydrogen-bond acceptors (Lipinski definition) is 1. The summed E-state index contributed by atoms with van der Waals surface area (Å²) in [5.74, 6) is 1.58. The highest BCUT2D eigenvalue weighted by atomic mass is 16.5. The predicted octanol–water partition coefficient (Wildman–Crippen LogP) is 3.59. The first kappa shape index (κ1) is 9.57. The van der Waals surface area contributed by atoms with Gasteiger partial charge in [-0.2, -0.15) is 0 Å². The molecule has 0 aromatic rings. The average molecular weight is 190 g/mol. The highest BCUT2D eigenvalue weighted by Crippen LogP contribution is 2.40. The largest absolute Gasteiger partial charge is 0.487 e. The summed E-state index contributed by atoms with van der Waals surface area (Å²) in [5.41, 5.74) is 2.83. The quantitative estimate of drug-likeness (QED) is 0.567. The summed E-state index contributed by atoms with van der Waals surface area (Å²) >= 11 is 0. The Morgan fingerprint density at radius 3 is 2.86 bits per heavy atom. The normalized spacial score (nSPS) is 29.4. The summed E-state index contributed by atoms with van der Waals surface area (Å²) in [6.45, 7) is 8.75. The highest BCUT2D eigenvalue weighted by Gasteiger charge is 2.32. The van der Waals surface area contributed by atoms with Gasteiger partial charge in [0.05, 0.1) is 0 Å². The molecule has 1 aliphatic carbocycles. The number of allylic oxidation sites excluding steroid dienone is 4. The Labute approximate surface area is 86.2 Å². The summed E-state index contributed by atoms with van der Waals surface area (Å²) in [7, 11) is 0. The van der Waals surface area contributed by atoms with E-state index in [1.807, 2.05) is 0 Å². The van der Waals surface area contributed by atoms with Crippen LogP contribution in [0.5, 0.6) is 0 Å². The lowest BCUT2D eigenvalue weighted by molar-refractivity contribution is 0.0282. The first-order valence-electron chi connectivity index (χ1n) is 5.27. The van der Waals surface area contributed by atoms with Crippen molar-refractivity contribution >= 4 is 0 Å². The molecular formula is C13H18O. The number of fused-ring (bicyclic) bond motifs is 1. The van der Waals surface area contributed by atoms with E-state index in [1.54, 1.807) is 0 Å². The van der Waals surface area contributed by atoms with Crippen molar-refractivity contribution in [3.63, 3.8) is 0 Å². The summed E-state index contributed by atoms with van der Waals surface area (Å²) in [4.78, 5) is 0. The molecule has 0 aromatic heterocycles. The minimum atomic E-state index is -0.0374. The van der Waals surface area contributed by atoms with E-state index in [-0.39, 0.29) is 5.60 Å². The van der Waals surface area contributed by atoms with Crippen LogP contribution in [0.25, 0.3) is 0 Å². The molecule has 76 valence electrons. The van der Waals surface area contributed by atoms with Crippen LogP contribution >= 0.6 is 0 Å². The first-order chi connectivity index (χ1) is 6.49. The zero-order valence-corrected chi connectivity index (χ0v) is 9.42. The maximum atomic E-state index is 5.97. The lowest BCUT2D eigenvalue weighted by atomic mass is 9.83. The summed E-state index contributed by atoms with van der Waals surface area (Å²) in [6, 6.07) is 0. The van der Waals surface area contributed by atoms with Gasteiger partial charge in [0.25, 0.3) is 0 Å². The van der Waals surface area contributed by atoms with Gasteiger partial charge in [-0.15, -0.1) is 0 Å². The minimum Gasteiger partial charge on any atom is -0.487 e. The smallest absolute Gasteiger partial charge is 0.123 e. The number of hydrogen-bond donors (Lipinski definition) is 0. The number of rotatable bonds is 0. The van der Waals surface area contributed by atoms with Crippen LogP contribution in [0, 0.1) is 5.92 Å². The third kappa shape index (κ3) is 1.52. The monoisotopic (exact) mass is 190 g/mol. The van der Waals surface area contributed by atoms with Crippen LogP contribution in [-0.4, -0.2) is 5.60 Å². The maximum Gasteiger partial charge on any atom is 0.123 e. The Morgan fingerprint density at radius 1 is 1.43 bits per heavy atom. The van der Waals surface area contributed by atoms with E-state index in [4.69, 9.17) is 4.74 Å². The minimum absolute atomic E-state index is 0.0374. The van der Waals surface area contributed by atoms with Gasteiger partial charge in [0, 0.05) is 12.3 Å². The molecule has 0 saturated carbocycles. The fraction of sp³-hybridized carbons (Fsp3) is 0.538. The molecule has 0 bridgehead atoms. The van der Waals surface area contributed by atoms with Crippen molar-refractivity contribution in [1.82, 2.24) is 0 Å². The second kappa shape index (κ2) is 3.01. The molecule has 0 saturated heterocycles. The summed E-state index contributed by atoms with van der Waals surface area (Å²) < 4.78 is 5.97. The molecule has 1 atom stereocenters. The van der Waals surface area contributed by atoms with Crippen LogP contribution in [-0.2, 0) is 4.74 Å². The van der Waals surface area contributed by atoms with E-state index in [2.05, 4.69) is 45.9 Å². The van der Waals surface area contributed by atoms with Crippen molar-refractivity contribution in [1.29, 1.82) is 0 Å². The third-order valence-corrected chi connectivity index (χ3v) is 2.91. The van der Waals surface area contributed by atoms with Crippen LogP contribution in [0.1, 0.15) is 34.1 Å². The van der Waals surface area contributed by atoms with Gasteiger partial charge >= 0.3 is 0 Å². The van der Waals surface area contributed by atoms with Crippen LogP contribution in [0.2, 0.25) is 0 Å². The maximum absolute atomic E-state index is 5.97. The second-order valence-electron chi connectivity index (χ2n) is 4.94.